The van der Waals surface area contributed by atoms with Crippen LogP contribution < -0.4 is 0 Å². The number of alkyl halides is 2. The van der Waals surface area contributed by atoms with Gasteiger partial charge in [0, 0.05) is 17.1 Å². The smallest absolute Gasteiger partial charge is 0.336 e. The SMILES string of the molecule is O=C(O)c1ccnc2ccc(C(F)F)cc12. The number of fused-ring (bicyclic) bond motifs is 1. The summed E-state index contributed by atoms with van der Waals surface area (Å²) in [7, 11) is 0. The Morgan fingerprint density at radius 3 is 2.69 bits per heavy atom. The molecule has 0 aliphatic heterocycles. The van der Waals surface area contributed by atoms with Crippen LogP contribution in [0, 0.1) is 0 Å². The molecule has 5 heteroatoms. The second kappa shape index (κ2) is 3.84. The summed E-state index contributed by atoms with van der Waals surface area (Å²) in [5.74, 6) is -1.15. The topological polar surface area (TPSA) is 50.2 Å². The van der Waals surface area contributed by atoms with Gasteiger partial charge in [-0.1, -0.05) is 6.07 Å². The lowest BCUT2D eigenvalue weighted by Gasteiger charge is -2.04. The van der Waals surface area contributed by atoms with Crippen molar-refractivity contribution in [2.45, 2.75) is 6.43 Å². The lowest BCUT2D eigenvalue weighted by molar-refractivity contribution is 0.0699. The highest BCUT2D eigenvalue weighted by Gasteiger charge is 2.12. The zero-order chi connectivity index (χ0) is 11.7. The molecule has 0 fully saturated rings. The van der Waals surface area contributed by atoms with Gasteiger partial charge in [-0.25, -0.2) is 13.6 Å². The Hall–Kier alpha value is -2.04. The maximum Gasteiger partial charge on any atom is 0.336 e. The van der Waals surface area contributed by atoms with Gasteiger partial charge in [-0.3, -0.25) is 4.98 Å². The van der Waals surface area contributed by atoms with Crippen LogP contribution in [0.3, 0.4) is 0 Å². The zero-order valence-corrected chi connectivity index (χ0v) is 8.02. The number of nitrogens with zero attached hydrogens (tertiary/aromatic N) is 1. The van der Waals surface area contributed by atoms with E-state index >= 15 is 0 Å². The fraction of sp³-hybridized carbons (Fsp3) is 0.0909. The van der Waals surface area contributed by atoms with Crippen molar-refractivity contribution in [3.8, 4) is 0 Å². The van der Waals surface area contributed by atoms with Crippen LogP contribution in [0.5, 0.6) is 0 Å². The Kier molecular flexibility index (Phi) is 2.52. The molecule has 1 aromatic carbocycles. The van der Waals surface area contributed by atoms with Crippen molar-refractivity contribution in [2.24, 2.45) is 0 Å². The summed E-state index contributed by atoms with van der Waals surface area (Å²) in [4.78, 5) is 14.8. The van der Waals surface area contributed by atoms with E-state index in [4.69, 9.17) is 5.11 Å². The van der Waals surface area contributed by atoms with E-state index in [2.05, 4.69) is 4.98 Å². The van der Waals surface area contributed by atoms with Gasteiger partial charge in [0.15, 0.2) is 0 Å². The standard InChI is InChI=1S/C11H7F2NO2/c12-10(13)6-1-2-9-8(5-6)7(11(15)16)3-4-14-9/h1-5,10H,(H,15,16). The third kappa shape index (κ3) is 1.71. The van der Waals surface area contributed by atoms with Crippen molar-refractivity contribution in [3.63, 3.8) is 0 Å². The molecule has 0 spiro atoms. The van der Waals surface area contributed by atoms with Crippen LogP contribution in [-0.2, 0) is 0 Å². The third-order valence-corrected chi connectivity index (χ3v) is 2.25. The number of benzene rings is 1. The van der Waals surface area contributed by atoms with Crippen molar-refractivity contribution in [1.82, 2.24) is 4.98 Å². The molecule has 1 aromatic heterocycles. The normalized spacial score (nSPS) is 10.9. The average Bonchev–Trinajstić information content (AvgIpc) is 2.27. The first-order valence-electron chi connectivity index (χ1n) is 4.49. The number of carboxylic acid groups (broad SMARTS) is 1. The van der Waals surface area contributed by atoms with E-state index in [1.54, 1.807) is 0 Å². The monoisotopic (exact) mass is 223 g/mol. The molecule has 0 bridgehead atoms. The Labute approximate surface area is 89.3 Å². The van der Waals surface area contributed by atoms with Crippen LogP contribution in [0.2, 0.25) is 0 Å². The number of hydrogen-bond acceptors (Lipinski definition) is 2. The number of carboxylic acids is 1. The summed E-state index contributed by atoms with van der Waals surface area (Å²) in [6.45, 7) is 0. The van der Waals surface area contributed by atoms with Gasteiger partial charge in [0.1, 0.15) is 0 Å². The van der Waals surface area contributed by atoms with Gasteiger partial charge in [0.25, 0.3) is 6.43 Å². The maximum absolute atomic E-state index is 12.5. The van der Waals surface area contributed by atoms with Gasteiger partial charge in [-0.05, 0) is 18.2 Å². The van der Waals surface area contributed by atoms with Crippen LogP contribution in [-0.4, -0.2) is 16.1 Å². The minimum absolute atomic E-state index is 0.0208. The Bertz CT molecular complexity index is 555. The van der Waals surface area contributed by atoms with Crippen LogP contribution in [0.1, 0.15) is 22.3 Å². The molecule has 0 amide bonds. The van der Waals surface area contributed by atoms with Crippen molar-refractivity contribution in [1.29, 1.82) is 0 Å². The summed E-state index contributed by atoms with van der Waals surface area (Å²) in [5, 5.41) is 9.13. The van der Waals surface area contributed by atoms with Gasteiger partial charge >= 0.3 is 5.97 Å². The van der Waals surface area contributed by atoms with Gasteiger partial charge < -0.3 is 5.11 Å². The highest BCUT2D eigenvalue weighted by molar-refractivity contribution is 6.02. The first-order valence-corrected chi connectivity index (χ1v) is 4.49. The second-order valence-corrected chi connectivity index (χ2v) is 3.24. The van der Waals surface area contributed by atoms with Gasteiger partial charge in [0.05, 0.1) is 11.1 Å². The summed E-state index contributed by atoms with van der Waals surface area (Å²) >= 11 is 0. The Morgan fingerprint density at radius 1 is 1.31 bits per heavy atom. The highest BCUT2D eigenvalue weighted by atomic mass is 19.3. The maximum atomic E-state index is 12.5. The first kappa shape index (κ1) is 10.5. The van der Waals surface area contributed by atoms with Gasteiger partial charge in [0.2, 0.25) is 0 Å². The van der Waals surface area contributed by atoms with Crippen LogP contribution in [0.4, 0.5) is 8.78 Å². The Morgan fingerprint density at radius 2 is 2.06 bits per heavy atom. The first-order chi connectivity index (χ1) is 7.59. The molecule has 0 unspecified atom stereocenters. The zero-order valence-electron chi connectivity index (χ0n) is 8.02. The van der Waals surface area contributed by atoms with E-state index < -0.39 is 12.4 Å². The third-order valence-electron chi connectivity index (χ3n) is 2.25. The highest BCUT2D eigenvalue weighted by Crippen LogP contribution is 2.24. The van der Waals surface area contributed by atoms with Crippen LogP contribution in [0.15, 0.2) is 30.5 Å². The predicted octanol–water partition coefficient (Wildman–Crippen LogP) is 2.87. The predicted molar refractivity (Wildman–Crippen MR) is 53.7 cm³/mol. The molecule has 1 N–H and O–H groups in total. The van der Waals surface area contributed by atoms with Gasteiger partial charge in [-0.2, -0.15) is 0 Å². The molecule has 82 valence electrons. The number of hydrogen-bond donors (Lipinski definition) is 1. The summed E-state index contributed by atoms with van der Waals surface area (Å²) in [6.07, 6.45) is -1.28. The molecule has 3 nitrogen and oxygen atoms in total. The van der Waals surface area contributed by atoms with Crippen molar-refractivity contribution in [2.75, 3.05) is 0 Å². The van der Waals surface area contributed by atoms with E-state index in [0.717, 1.165) is 6.07 Å². The lowest BCUT2D eigenvalue weighted by atomic mass is 10.1. The second-order valence-electron chi connectivity index (χ2n) is 3.24. The van der Waals surface area contributed by atoms with E-state index in [1.807, 2.05) is 0 Å². The molecule has 0 aliphatic rings. The van der Waals surface area contributed by atoms with E-state index in [0.29, 0.717) is 5.52 Å². The van der Waals surface area contributed by atoms with E-state index in [9.17, 15) is 13.6 Å². The molecule has 2 aromatic rings. The molecular formula is C11H7F2NO2. The van der Waals surface area contributed by atoms with Crippen molar-refractivity contribution < 1.29 is 18.7 Å². The average molecular weight is 223 g/mol. The minimum atomic E-state index is -2.62. The molecule has 1 heterocycles. The number of aromatic carboxylic acids is 1. The molecular weight excluding hydrogens is 216 g/mol. The summed E-state index contributed by atoms with van der Waals surface area (Å²) in [5.41, 5.74) is 0.166. The van der Waals surface area contributed by atoms with Crippen molar-refractivity contribution >= 4 is 16.9 Å². The molecule has 16 heavy (non-hydrogen) atoms. The van der Waals surface area contributed by atoms with Gasteiger partial charge in [-0.15, -0.1) is 0 Å². The molecule has 0 saturated carbocycles. The molecule has 0 atom stereocenters. The molecule has 0 saturated heterocycles. The summed E-state index contributed by atoms with van der Waals surface area (Å²) < 4.78 is 24.9. The van der Waals surface area contributed by atoms with Crippen LogP contribution >= 0.6 is 0 Å². The largest absolute Gasteiger partial charge is 0.478 e. The Balaban J connectivity index is 2.73. The quantitative estimate of drug-likeness (QED) is 0.851. The van der Waals surface area contributed by atoms with Crippen molar-refractivity contribution in [3.05, 3.63) is 41.6 Å². The molecule has 2 rings (SSSR count). The number of halogens is 2. The fourth-order valence-electron chi connectivity index (χ4n) is 1.49. The molecule has 0 radical (unpaired) electrons. The van der Waals surface area contributed by atoms with Crippen LogP contribution in [0.25, 0.3) is 10.9 Å². The lowest BCUT2D eigenvalue weighted by Crippen LogP contribution is -1.99. The number of rotatable bonds is 2. The van der Waals surface area contributed by atoms with E-state index in [1.165, 1.54) is 24.4 Å². The minimum Gasteiger partial charge on any atom is -0.478 e. The summed E-state index contributed by atoms with van der Waals surface area (Å²) in [6, 6.07) is 5.09. The number of aromatic nitrogens is 1. The fourth-order valence-corrected chi connectivity index (χ4v) is 1.49. The van der Waals surface area contributed by atoms with E-state index in [-0.39, 0.29) is 16.5 Å². The number of pyridine rings is 1. The molecule has 0 aliphatic carbocycles. The number of carbonyl (C=O) groups is 1.